The van der Waals surface area contributed by atoms with Gasteiger partial charge in [-0.15, -0.1) is 0 Å². The molecule has 100 valence electrons. The normalized spacial score (nSPS) is 18.8. The molecule has 0 radical (unpaired) electrons. The van der Waals surface area contributed by atoms with Crippen LogP contribution < -0.4 is 11.2 Å². The first-order chi connectivity index (χ1) is 8.69. The Morgan fingerprint density at radius 1 is 1.39 bits per heavy atom. The molecular weight excluding hydrogens is 257 g/mol. The van der Waals surface area contributed by atoms with Gasteiger partial charge in [0.1, 0.15) is 5.82 Å². The molecule has 3 N–H and O–H groups in total. The lowest BCUT2D eigenvalue weighted by atomic mass is 10.1. The summed E-state index contributed by atoms with van der Waals surface area (Å²) in [6.45, 7) is 3.33. The van der Waals surface area contributed by atoms with Crippen LogP contribution in [-0.4, -0.2) is 37.9 Å². The van der Waals surface area contributed by atoms with Crippen LogP contribution in [0.5, 0.6) is 0 Å². The van der Waals surface area contributed by atoms with Gasteiger partial charge in [0.25, 0.3) is 0 Å². The smallest absolute Gasteiger partial charge is 0.125 e. The zero-order valence-electron chi connectivity index (χ0n) is 10.0. The quantitative estimate of drug-likeness (QED) is 0.869. The first-order valence-electron chi connectivity index (χ1n) is 5.94. The van der Waals surface area contributed by atoms with Crippen molar-refractivity contribution in [3.63, 3.8) is 0 Å². The summed E-state index contributed by atoms with van der Waals surface area (Å²) < 4.78 is 18.6. The van der Waals surface area contributed by atoms with Gasteiger partial charge >= 0.3 is 0 Å². The molecule has 2 rings (SSSR count). The number of hydrazine groups is 1. The van der Waals surface area contributed by atoms with Crippen molar-refractivity contribution in [3.05, 3.63) is 34.6 Å². The zero-order chi connectivity index (χ0) is 13.0. The van der Waals surface area contributed by atoms with Crippen molar-refractivity contribution in [1.29, 1.82) is 0 Å². The molecule has 0 aromatic heterocycles. The molecule has 0 amide bonds. The van der Waals surface area contributed by atoms with Gasteiger partial charge in [0.2, 0.25) is 0 Å². The minimum atomic E-state index is -0.347. The number of morpholine rings is 1. The summed E-state index contributed by atoms with van der Waals surface area (Å²) in [5.41, 5.74) is 9.77. The highest BCUT2D eigenvalue weighted by Gasteiger charge is 2.17. The molecule has 0 saturated carbocycles. The fraction of sp³-hybridized carbons (Fsp3) is 0.500. The Hall–Kier alpha value is -0.720. The van der Waals surface area contributed by atoms with Crippen LogP contribution in [0.15, 0.2) is 18.2 Å². The molecule has 0 bridgehead atoms. The van der Waals surface area contributed by atoms with Crippen LogP contribution in [0.3, 0.4) is 0 Å². The van der Waals surface area contributed by atoms with E-state index in [1.165, 1.54) is 12.1 Å². The van der Waals surface area contributed by atoms with E-state index in [1.54, 1.807) is 6.07 Å². The summed E-state index contributed by atoms with van der Waals surface area (Å²) in [6.07, 6.45) is 0. The highest BCUT2D eigenvalue weighted by Crippen LogP contribution is 2.20. The van der Waals surface area contributed by atoms with Crippen LogP contribution >= 0.6 is 11.6 Å². The second kappa shape index (κ2) is 6.45. The highest BCUT2D eigenvalue weighted by molar-refractivity contribution is 6.30. The van der Waals surface area contributed by atoms with Gasteiger partial charge in [0, 0.05) is 24.7 Å². The van der Waals surface area contributed by atoms with E-state index < -0.39 is 0 Å². The molecule has 1 aliphatic rings. The van der Waals surface area contributed by atoms with E-state index in [-0.39, 0.29) is 11.9 Å². The van der Waals surface area contributed by atoms with E-state index in [9.17, 15) is 4.39 Å². The SMILES string of the molecule is NCC(NN1CCOCC1)c1cc(F)cc(Cl)c1. The van der Waals surface area contributed by atoms with Crippen molar-refractivity contribution in [2.24, 2.45) is 5.73 Å². The minimum Gasteiger partial charge on any atom is -0.379 e. The van der Waals surface area contributed by atoms with Crippen LogP contribution in [0, 0.1) is 5.82 Å². The molecule has 1 fully saturated rings. The van der Waals surface area contributed by atoms with Crippen molar-refractivity contribution < 1.29 is 9.13 Å². The van der Waals surface area contributed by atoms with Crippen molar-refractivity contribution >= 4 is 11.6 Å². The third-order valence-electron chi connectivity index (χ3n) is 2.87. The molecule has 0 aliphatic carbocycles. The molecule has 18 heavy (non-hydrogen) atoms. The number of hydrogen-bond acceptors (Lipinski definition) is 4. The first-order valence-corrected chi connectivity index (χ1v) is 6.32. The number of halogens is 2. The number of rotatable bonds is 4. The minimum absolute atomic E-state index is 0.142. The number of hydrogen-bond donors (Lipinski definition) is 2. The standard InChI is InChI=1S/C12H17ClFN3O/c13-10-5-9(6-11(14)7-10)12(8-15)16-17-1-3-18-4-2-17/h5-7,12,16H,1-4,8,15H2. The van der Waals surface area contributed by atoms with Crippen molar-refractivity contribution in [1.82, 2.24) is 10.4 Å². The van der Waals surface area contributed by atoms with Crippen molar-refractivity contribution in [2.75, 3.05) is 32.8 Å². The Morgan fingerprint density at radius 2 is 2.11 bits per heavy atom. The van der Waals surface area contributed by atoms with Gasteiger partial charge in [-0.25, -0.2) is 14.8 Å². The Bertz CT molecular complexity index is 379. The Kier molecular flexibility index (Phi) is 4.91. The average Bonchev–Trinajstić information content (AvgIpc) is 2.36. The number of ether oxygens (including phenoxy) is 1. The topological polar surface area (TPSA) is 50.5 Å². The van der Waals surface area contributed by atoms with E-state index >= 15 is 0 Å². The fourth-order valence-corrected chi connectivity index (χ4v) is 2.18. The summed E-state index contributed by atoms with van der Waals surface area (Å²) in [7, 11) is 0. The molecule has 1 heterocycles. The maximum atomic E-state index is 13.3. The van der Waals surface area contributed by atoms with Crippen LogP contribution in [0.1, 0.15) is 11.6 Å². The average molecular weight is 274 g/mol. The number of nitrogens with zero attached hydrogens (tertiary/aromatic N) is 1. The lowest BCUT2D eigenvalue weighted by Crippen LogP contribution is -2.48. The van der Waals surface area contributed by atoms with E-state index in [4.69, 9.17) is 22.1 Å². The molecule has 1 aromatic carbocycles. The summed E-state index contributed by atoms with van der Waals surface area (Å²) >= 11 is 5.85. The molecule has 1 aromatic rings. The van der Waals surface area contributed by atoms with E-state index in [0.29, 0.717) is 24.8 Å². The van der Waals surface area contributed by atoms with Gasteiger partial charge in [-0.3, -0.25) is 0 Å². The number of nitrogens with one attached hydrogen (secondary N) is 1. The maximum absolute atomic E-state index is 13.3. The monoisotopic (exact) mass is 273 g/mol. The molecule has 1 aliphatic heterocycles. The van der Waals surface area contributed by atoms with E-state index in [0.717, 1.165) is 18.7 Å². The zero-order valence-corrected chi connectivity index (χ0v) is 10.8. The predicted molar refractivity (Wildman–Crippen MR) is 68.7 cm³/mol. The Balaban J connectivity index is 2.06. The van der Waals surface area contributed by atoms with Crippen LogP contribution in [0.4, 0.5) is 4.39 Å². The Morgan fingerprint density at radius 3 is 2.72 bits per heavy atom. The van der Waals surface area contributed by atoms with Gasteiger partial charge in [0.05, 0.1) is 19.3 Å². The van der Waals surface area contributed by atoms with Crippen molar-refractivity contribution in [2.45, 2.75) is 6.04 Å². The Labute approximate surface area is 111 Å². The van der Waals surface area contributed by atoms with Crippen LogP contribution in [0.2, 0.25) is 5.02 Å². The van der Waals surface area contributed by atoms with Gasteiger partial charge < -0.3 is 10.5 Å². The molecule has 1 unspecified atom stereocenters. The number of benzene rings is 1. The molecule has 0 spiro atoms. The first kappa shape index (κ1) is 13.7. The summed E-state index contributed by atoms with van der Waals surface area (Å²) in [5, 5.41) is 2.42. The lowest BCUT2D eigenvalue weighted by Gasteiger charge is -2.31. The van der Waals surface area contributed by atoms with Crippen LogP contribution in [-0.2, 0) is 4.74 Å². The van der Waals surface area contributed by atoms with Gasteiger partial charge in [-0.05, 0) is 23.8 Å². The maximum Gasteiger partial charge on any atom is 0.125 e. The lowest BCUT2D eigenvalue weighted by molar-refractivity contribution is 0.00403. The summed E-state index contributed by atoms with van der Waals surface area (Å²) in [6, 6.07) is 4.33. The third kappa shape index (κ3) is 3.63. The van der Waals surface area contributed by atoms with E-state index in [1.807, 2.05) is 5.01 Å². The van der Waals surface area contributed by atoms with Gasteiger partial charge in [0.15, 0.2) is 0 Å². The molecule has 1 atom stereocenters. The van der Waals surface area contributed by atoms with Crippen molar-refractivity contribution in [3.8, 4) is 0 Å². The number of nitrogens with two attached hydrogens (primary N) is 1. The van der Waals surface area contributed by atoms with Crippen LogP contribution in [0.25, 0.3) is 0 Å². The fourth-order valence-electron chi connectivity index (χ4n) is 1.95. The highest BCUT2D eigenvalue weighted by atomic mass is 35.5. The molecular formula is C12H17ClFN3O. The van der Waals surface area contributed by atoms with Gasteiger partial charge in [-0.2, -0.15) is 0 Å². The van der Waals surface area contributed by atoms with Gasteiger partial charge in [-0.1, -0.05) is 11.6 Å². The summed E-state index contributed by atoms with van der Waals surface area (Å²) in [4.78, 5) is 0. The molecule has 6 heteroatoms. The second-order valence-electron chi connectivity index (χ2n) is 4.22. The molecule has 4 nitrogen and oxygen atoms in total. The summed E-state index contributed by atoms with van der Waals surface area (Å²) in [5.74, 6) is -0.347. The predicted octanol–water partition coefficient (Wildman–Crippen LogP) is 1.32. The van der Waals surface area contributed by atoms with E-state index in [2.05, 4.69) is 5.43 Å². The largest absolute Gasteiger partial charge is 0.379 e. The third-order valence-corrected chi connectivity index (χ3v) is 3.09. The molecule has 1 saturated heterocycles. The second-order valence-corrected chi connectivity index (χ2v) is 4.66.